The van der Waals surface area contributed by atoms with Crippen LogP contribution in [0.25, 0.3) is 5.69 Å². The summed E-state index contributed by atoms with van der Waals surface area (Å²) in [4.78, 5) is 11.4. The molecule has 1 aromatic carbocycles. The predicted octanol–water partition coefficient (Wildman–Crippen LogP) is 2.21. The summed E-state index contributed by atoms with van der Waals surface area (Å²) in [5.41, 5.74) is 0.420. The molecule has 0 aliphatic carbocycles. The van der Waals surface area contributed by atoms with Gasteiger partial charge in [-0.2, -0.15) is 4.68 Å². The first-order chi connectivity index (χ1) is 10.8. The van der Waals surface area contributed by atoms with E-state index in [2.05, 4.69) is 25.0 Å². The van der Waals surface area contributed by atoms with Crippen molar-refractivity contribution in [1.29, 1.82) is 0 Å². The van der Waals surface area contributed by atoms with Crippen LogP contribution in [0.3, 0.4) is 0 Å². The van der Waals surface area contributed by atoms with Crippen molar-refractivity contribution in [1.82, 2.24) is 20.2 Å². The Hall–Kier alpha value is -2.30. The highest BCUT2D eigenvalue weighted by atomic mass is 32.2. The van der Waals surface area contributed by atoms with Crippen molar-refractivity contribution in [2.45, 2.75) is 23.7 Å². The van der Waals surface area contributed by atoms with Crippen LogP contribution < -0.4 is 4.74 Å². The number of rotatable bonds is 5. The number of thioether (sulfide) groups is 1. The van der Waals surface area contributed by atoms with Crippen LogP contribution in [-0.2, 0) is 9.53 Å². The highest BCUT2D eigenvalue weighted by Gasteiger charge is 2.31. The van der Waals surface area contributed by atoms with E-state index in [1.165, 1.54) is 23.9 Å². The van der Waals surface area contributed by atoms with Gasteiger partial charge in [0.1, 0.15) is 11.0 Å². The Morgan fingerprint density at radius 3 is 2.52 bits per heavy atom. The third-order valence-corrected chi connectivity index (χ3v) is 3.58. The van der Waals surface area contributed by atoms with Crippen LogP contribution in [-0.4, -0.2) is 44.9 Å². The van der Waals surface area contributed by atoms with Gasteiger partial charge in [-0.25, -0.2) is 0 Å². The molecule has 0 N–H and O–H groups in total. The second kappa shape index (κ2) is 6.86. The maximum atomic E-state index is 12.1. The number of carbonyl (C=O) groups is 1. The molecule has 0 aliphatic heterocycles. The minimum absolute atomic E-state index is 0.299. The quantitative estimate of drug-likeness (QED) is 0.605. The Bertz CT molecular complexity index is 675. The average molecular weight is 348 g/mol. The van der Waals surface area contributed by atoms with Crippen LogP contribution in [0, 0.1) is 0 Å². The standard InChI is InChI=1S/C12H11F3N4O3S/c1-7(10(20)21-2)23-11-16-17-18-19(11)8-3-5-9(6-4-8)22-12(13,14)15/h3-7H,1-2H3. The predicted molar refractivity (Wildman–Crippen MR) is 73.2 cm³/mol. The van der Waals surface area contributed by atoms with Gasteiger partial charge in [-0.3, -0.25) is 4.79 Å². The smallest absolute Gasteiger partial charge is 0.468 e. The molecule has 0 saturated carbocycles. The number of aromatic nitrogens is 4. The lowest BCUT2D eigenvalue weighted by Crippen LogP contribution is -2.17. The molecular formula is C12H11F3N4O3S. The van der Waals surface area contributed by atoms with E-state index in [1.54, 1.807) is 6.92 Å². The monoisotopic (exact) mass is 348 g/mol. The summed E-state index contributed by atoms with van der Waals surface area (Å²) in [7, 11) is 1.27. The minimum Gasteiger partial charge on any atom is -0.468 e. The van der Waals surface area contributed by atoms with Gasteiger partial charge in [0, 0.05) is 0 Å². The van der Waals surface area contributed by atoms with Crippen molar-refractivity contribution in [3.63, 3.8) is 0 Å². The summed E-state index contributed by atoms with van der Waals surface area (Å²) < 4.78 is 46.1. The number of alkyl halides is 3. The summed E-state index contributed by atoms with van der Waals surface area (Å²) in [6, 6.07) is 5.01. The Kier molecular flexibility index (Phi) is 5.08. The van der Waals surface area contributed by atoms with Crippen LogP contribution in [0.4, 0.5) is 13.2 Å². The van der Waals surface area contributed by atoms with Gasteiger partial charge in [-0.1, -0.05) is 11.8 Å². The summed E-state index contributed by atoms with van der Waals surface area (Å²) in [6.07, 6.45) is -4.76. The molecule has 0 bridgehead atoms. The summed E-state index contributed by atoms with van der Waals surface area (Å²) >= 11 is 1.06. The van der Waals surface area contributed by atoms with E-state index < -0.39 is 17.6 Å². The number of ether oxygens (including phenoxy) is 2. The molecule has 7 nitrogen and oxygen atoms in total. The summed E-state index contributed by atoms with van der Waals surface area (Å²) in [5.74, 6) is -0.801. The van der Waals surface area contributed by atoms with Gasteiger partial charge < -0.3 is 9.47 Å². The molecule has 1 unspecified atom stereocenters. The molecule has 0 amide bonds. The number of benzene rings is 1. The molecule has 0 spiro atoms. The van der Waals surface area contributed by atoms with Gasteiger partial charge in [0.15, 0.2) is 0 Å². The third kappa shape index (κ3) is 4.58. The Morgan fingerprint density at radius 2 is 1.96 bits per heavy atom. The molecule has 1 aromatic heterocycles. The highest BCUT2D eigenvalue weighted by molar-refractivity contribution is 8.00. The van der Waals surface area contributed by atoms with Crippen molar-refractivity contribution < 1.29 is 27.4 Å². The lowest BCUT2D eigenvalue weighted by molar-refractivity contribution is -0.274. The van der Waals surface area contributed by atoms with Crippen molar-refractivity contribution in [3.05, 3.63) is 24.3 Å². The van der Waals surface area contributed by atoms with Crippen molar-refractivity contribution in [3.8, 4) is 11.4 Å². The first kappa shape index (κ1) is 17.1. The Labute approximate surface area is 132 Å². The largest absolute Gasteiger partial charge is 0.573 e. The van der Waals surface area contributed by atoms with E-state index in [0.717, 1.165) is 23.9 Å². The molecule has 2 aromatic rings. The molecule has 23 heavy (non-hydrogen) atoms. The van der Waals surface area contributed by atoms with Crippen LogP contribution in [0.15, 0.2) is 29.4 Å². The number of esters is 1. The van der Waals surface area contributed by atoms with Crippen molar-refractivity contribution >= 4 is 17.7 Å². The van der Waals surface area contributed by atoms with Gasteiger partial charge in [-0.15, -0.1) is 18.3 Å². The summed E-state index contributed by atoms with van der Waals surface area (Å²) in [6.45, 7) is 1.62. The topological polar surface area (TPSA) is 79.1 Å². The van der Waals surface area contributed by atoms with Crippen molar-refractivity contribution in [2.24, 2.45) is 0 Å². The van der Waals surface area contributed by atoms with E-state index in [9.17, 15) is 18.0 Å². The lowest BCUT2D eigenvalue weighted by Gasteiger charge is -2.10. The normalized spacial score (nSPS) is 12.7. The number of tetrazole rings is 1. The molecule has 1 heterocycles. The first-order valence-corrected chi connectivity index (χ1v) is 7.07. The van der Waals surface area contributed by atoms with Crippen molar-refractivity contribution in [2.75, 3.05) is 7.11 Å². The van der Waals surface area contributed by atoms with Gasteiger partial charge in [0.05, 0.1) is 12.8 Å². The highest BCUT2D eigenvalue weighted by Crippen LogP contribution is 2.26. The van der Waals surface area contributed by atoms with Crippen LogP contribution in [0.1, 0.15) is 6.92 Å². The Balaban J connectivity index is 2.17. The van der Waals surface area contributed by atoms with Crippen LogP contribution >= 0.6 is 11.8 Å². The SMILES string of the molecule is COC(=O)C(C)Sc1nnnn1-c1ccc(OC(F)(F)F)cc1. The number of hydrogen-bond acceptors (Lipinski definition) is 7. The van der Waals surface area contributed by atoms with Gasteiger partial charge in [0.2, 0.25) is 5.16 Å². The van der Waals surface area contributed by atoms with Gasteiger partial charge >= 0.3 is 12.3 Å². The fraction of sp³-hybridized carbons (Fsp3) is 0.333. The minimum atomic E-state index is -4.76. The van der Waals surface area contributed by atoms with E-state index in [4.69, 9.17) is 0 Å². The van der Waals surface area contributed by atoms with E-state index in [0.29, 0.717) is 10.8 Å². The molecule has 0 radical (unpaired) electrons. The molecule has 0 saturated heterocycles. The van der Waals surface area contributed by atoms with Gasteiger partial charge in [-0.05, 0) is 41.6 Å². The zero-order chi connectivity index (χ0) is 17.0. The summed E-state index contributed by atoms with van der Waals surface area (Å²) in [5, 5.41) is 10.8. The number of hydrogen-bond donors (Lipinski definition) is 0. The lowest BCUT2D eigenvalue weighted by atomic mass is 10.3. The Morgan fingerprint density at radius 1 is 1.30 bits per heavy atom. The second-order valence-corrected chi connectivity index (χ2v) is 5.51. The second-order valence-electron chi connectivity index (χ2n) is 4.20. The van der Waals surface area contributed by atoms with Crippen LogP contribution in [0.5, 0.6) is 5.75 Å². The average Bonchev–Trinajstić information content (AvgIpc) is 2.93. The van der Waals surface area contributed by atoms with Crippen LogP contribution in [0.2, 0.25) is 0 Å². The van der Waals surface area contributed by atoms with E-state index in [1.807, 2.05) is 0 Å². The molecule has 124 valence electrons. The zero-order valence-corrected chi connectivity index (χ0v) is 12.8. The number of carbonyl (C=O) groups excluding carboxylic acids is 1. The fourth-order valence-corrected chi connectivity index (χ4v) is 2.41. The fourth-order valence-electron chi connectivity index (χ4n) is 1.58. The number of nitrogens with zero attached hydrogens (tertiary/aromatic N) is 4. The molecule has 0 fully saturated rings. The first-order valence-electron chi connectivity index (χ1n) is 6.19. The van der Waals surface area contributed by atoms with Gasteiger partial charge in [0.25, 0.3) is 0 Å². The third-order valence-electron chi connectivity index (χ3n) is 2.57. The van der Waals surface area contributed by atoms with E-state index >= 15 is 0 Å². The number of halogens is 3. The number of methoxy groups -OCH3 is 1. The molecule has 1 atom stereocenters. The molecular weight excluding hydrogens is 337 g/mol. The molecule has 2 rings (SSSR count). The van der Waals surface area contributed by atoms with E-state index in [-0.39, 0.29) is 5.75 Å². The maximum Gasteiger partial charge on any atom is 0.573 e. The maximum absolute atomic E-state index is 12.1. The molecule has 0 aliphatic rings. The zero-order valence-electron chi connectivity index (χ0n) is 11.9. The molecule has 11 heteroatoms.